The van der Waals surface area contributed by atoms with Gasteiger partial charge in [-0.25, -0.2) is 0 Å². The van der Waals surface area contributed by atoms with Crippen molar-refractivity contribution in [3.63, 3.8) is 0 Å². The Morgan fingerprint density at radius 3 is 0.923 bits per heavy atom. The van der Waals surface area contributed by atoms with Crippen LogP contribution >= 0.6 is 63.7 Å². The van der Waals surface area contributed by atoms with Gasteiger partial charge in [0.2, 0.25) is 0 Å². The van der Waals surface area contributed by atoms with Gasteiger partial charge in [-0.2, -0.15) is 0 Å². The van der Waals surface area contributed by atoms with Crippen molar-refractivity contribution in [1.82, 2.24) is 0 Å². The second-order valence-electron chi connectivity index (χ2n) is 1.24. The first-order chi connectivity index (χ1) is 5.29. The summed E-state index contributed by atoms with van der Waals surface area (Å²) in [7, 11) is 0. The summed E-state index contributed by atoms with van der Waals surface area (Å²) in [5.41, 5.74) is 0. The van der Waals surface area contributed by atoms with E-state index in [0.29, 0.717) is 0 Å². The van der Waals surface area contributed by atoms with E-state index in [9.17, 15) is 19.8 Å². The molecule has 4 nitrogen and oxygen atoms in total. The number of rotatable bonds is 2. The molecule has 0 amide bonds. The molecule has 0 saturated carbocycles. The number of carbonyl (C=O) groups excluding carboxylic acids is 2. The number of alkyl halides is 4. The summed E-state index contributed by atoms with van der Waals surface area (Å²) in [5.74, 6) is -2.31. The van der Waals surface area contributed by atoms with Crippen molar-refractivity contribution in [2.45, 2.75) is 7.47 Å². The van der Waals surface area contributed by atoms with Gasteiger partial charge in [0, 0.05) is 0 Å². The number of hydrogen-bond acceptors (Lipinski definition) is 4. The molecule has 0 saturated heterocycles. The topological polar surface area (TPSA) is 80.3 Å². The van der Waals surface area contributed by atoms with Gasteiger partial charge in [-0.1, -0.05) is 63.7 Å². The fourth-order valence-corrected chi connectivity index (χ4v) is 0. The maximum atomic E-state index is 9.49. The number of hydrogen-bond donors (Lipinski definition) is 0. The molecule has 0 N–H and O–H groups in total. The van der Waals surface area contributed by atoms with Crippen LogP contribution < -0.4 is 10.2 Å². The van der Waals surface area contributed by atoms with Gasteiger partial charge >= 0.3 is 27.7 Å². The van der Waals surface area contributed by atoms with E-state index in [4.69, 9.17) is 0 Å². The quantitative estimate of drug-likeness (QED) is 0.309. The third-order valence-electron chi connectivity index (χ3n) is 0.356. The molecule has 0 rings (SSSR count). The number of carboxylic acid groups (broad SMARTS) is 2. The molecule has 0 aliphatic heterocycles. The summed E-state index contributed by atoms with van der Waals surface area (Å²) in [6.45, 7) is 0. The van der Waals surface area contributed by atoms with Crippen LogP contribution in [0.1, 0.15) is 0 Å². The Kier molecular flexibility index (Phi) is 18.5. The van der Waals surface area contributed by atoms with Crippen LogP contribution in [0.5, 0.6) is 0 Å². The Balaban J connectivity index is -0.000000143. The molecule has 0 aromatic carbocycles. The van der Waals surface area contributed by atoms with Crippen molar-refractivity contribution in [2.75, 3.05) is 0 Å². The number of carbonyl (C=O) groups is 2. The molecule has 0 aliphatic rings. The van der Waals surface area contributed by atoms with E-state index in [0.717, 1.165) is 0 Å². The second kappa shape index (κ2) is 11.9. The minimum atomic E-state index is -1.16. The average molecular weight is 634 g/mol. The van der Waals surface area contributed by atoms with Crippen molar-refractivity contribution in [3.05, 3.63) is 0 Å². The summed E-state index contributed by atoms with van der Waals surface area (Å²) in [6, 6.07) is 0. The average Bonchev–Trinajstić information content (AvgIpc) is 1.88. The first-order valence-corrected chi connectivity index (χ1v) is 5.93. The van der Waals surface area contributed by atoms with Gasteiger partial charge in [-0.05, 0) is 0 Å². The molecular weight excluding hydrogens is 632 g/mol. The van der Waals surface area contributed by atoms with Gasteiger partial charge in [-0.3, -0.25) is 0 Å². The SMILES string of the molecule is O=C([O-])C(Br)Br.O=C([O-])C(Br)Br.[Hg+2]. The van der Waals surface area contributed by atoms with E-state index in [-0.39, 0.29) is 27.7 Å². The molecule has 0 aromatic heterocycles. The van der Waals surface area contributed by atoms with Crippen LogP contribution in [-0.2, 0) is 37.3 Å². The largest absolute Gasteiger partial charge is 2.00 e. The fourth-order valence-electron chi connectivity index (χ4n) is 0. The summed E-state index contributed by atoms with van der Waals surface area (Å²) >= 11 is 10.8. The van der Waals surface area contributed by atoms with Crippen molar-refractivity contribution in [3.8, 4) is 0 Å². The molecule has 13 heavy (non-hydrogen) atoms. The zero-order valence-corrected chi connectivity index (χ0v) is 17.8. The molecule has 0 aliphatic carbocycles. The van der Waals surface area contributed by atoms with E-state index in [1.165, 1.54) is 0 Å². The molecule has 0 atom stereocenters. The van der Waals surface area contributed by atoms with Crippen LogP contribution in [0.25, 0.3) is 0 Å². The maximum absolute atomic E-state index is 9.49. The fraction of sp³-hybridized carbons (Fsp3) is 0.500. The predicted octanol–water partition coefficient (Wildman–Crippen LogP) is -0.298. The number of aliphatic carboxylic acids is 2. The van der Waals surface area contributed by atoms with Crippen LogP contribution in [0.4, 0.5) is 0 Å². The summed E-state index contributed by atoms with van der Waals surface area (Å²) < 4.78 is -1.44. The van der Waals surface area contributed by atoms with Gasteiger partial charge < -0.3 is 19.8 Å². The maximum Gasteiger partial charge on any atom is 2.00 e. The van der Waals surface area contributed by atoms with Gasteiger partial charge in [0.25, 0.3) is 0 Å². The van der Waals surface area contributed by atoms with Gasteiger partial charge in [-0.15, -0.1) is 0 Å². The first-order valence-electron chi connectivity index (χ1n) is 2.27. The third kappa shape index (κ3) is 20.0. The number of halogens is 4. The Morgan fingerprint density at radius 2 is 0.923 bits per heavy atom. The smallest absolute Gasteiger partial charge is 0.548 e. The van der Waals surface area contributed by atoms with Crippen LogP contribution in [0.15, 0.2) is 0 Å². The molecular formula is C4H2Br4HgO4. The van der Waals surface area contributed by atoms with E-state index >= 15 is 0 Å². The predicted molar refractivity (Wildman–Crippen MR) is 53.3 cm³/mol. The van der Waals surface area contributed by atoms with E-state index < -0.39 is 19.4 Å². The molecule has 0 heterocycles. The Bertz CT molecular complexity index is 144. The van der Waals surface area contributed by atoms with Crippen LogP contribution in [0.3, 0.4) is 0 Å². The van der Waals surface area contributed by atoms with Crippen molar-refractivity contribution < 1.29 is 47.5 Å². The summed E-state index contributed by atoms with van der Waals surface area (Å²) in [5, 5.41) is 19.0. The van der Waals surface area contributed by atoms with Gasteiger partial charge in [0.1, 0.15) is 7.47 Å². The molecule has 0 fully saturated rings. The van der Waals surface area contributed by atoms with Crippen LogP contribution in [0.2, 0.25) is 0 Å². The molecule has 0 radical (unpaired) electrons. The molecule has 0 unspecified atom stereocenters. The summed E-state index contributed by atoms with van der Waals surface area (Å²) in [4.78, 5) is 19.0. The van der Waals surface area contributed by atoms with Gasteiger partial charge in [0.05, 0.1) is 11.9 Å². The summed E-state index contributed by atoms with van der Waals surface area (Å²) in [6.07, 6.45) is 0. The van der Waals surface area contributed by atoms with Crippen molar-refractivity contribution in [2.24, 2.45) is 0 Å². The van der Waals surface area contributed by atoms with E-state index in [2.05, 4.69) is 63.7 Å². The normalized spacial score (nSPS) is 8.46. The monoisotopic (exact) mass is 632 g/mol. The first kappa shape index (κ1) is 20.2. The van der Waals surface area contributed by atoms with Crippen LogP contribution in [0, 0.1) is 0 Å². The molecule has 0 aromatic rings. The van der Waals surface area contributed by atoms with Gasteiger partial charge in [0.15, 0.2) is 0 Å². The van der Waals surface area contributed by atoms with Crippen molar-refractivity contribution >= 4 is 75.7 Å². The molecule has 72 valence electrons. The molecule has 0 spiro atoms. The zero-order chi connectivity index (χ0) is 10.3. The second-order valence-corrected chi connectivity index (χ2v) is 7.36. The molecule has 9 heteroatoms. The molecule has 0 bridgehead atoms. The van der Waals surface area contributed by atoms with Crippen molar-refractivity contribution in [1.29, 1.82) is 0 Å². The van der Waals surface area contributed by atoms with Crippen LogP contribution in [-0.4, -0.2) is 19.4 Å². The minimum Gasteiger partial charge on any atom is -0.548 e. The standard InChI is InChI=1S/2C2H2Br2O2.Hg/c2*3-1(4)2(5)6;/h2*1H,(H,5,6);/q;;+2/p-2. The Hall–Kier alpha value is 1.80. The number of carboxylic acids is 2. The Morgan fingerprint density at radius 1 is 0.846 bits per heavy atom. The zero-order valence-electron chi connectivity index (χ0n) is 6.01. The Labute approximate surface area is 129 Å². The van der Waals surface area contributed by atoms with E-state index in [1.54, 1.807) is 0 Å². The van der Waals surface area contributed by atoms with E-state index in [1.807, 2.05) is 0 Å². The third-order valence-corrected chi connectivity index (χ3v) is 1.85. The minimum absolute atomic E-state index is 0.